The van der Waals surface area contributed by atoms with E-state index in [4.69, 9.17) is 10.3 Å². The van der Waals surface area contributed by atoms with Gasteiger partial charge in [-0.25, -0.2) is 9.07 Å². The van der Waals surface area contributed by atoms with E-state index in [2.05, 4.69) is 15.2 Å². The summed E-state index contributed by atoms with van der Waals surface area (Å²) in [5, 5.41) is 8.43. The van der Waals surface area contributed by atoms with E-state index in [1.165, 1.54) is 12.1 Å². The maximum atomic E-state index is 13.0. The molecular weight excluding hydrogens is 297 g/mol. The first-order chi connectivity index (χ1) is 11.1. The normalized spacial score (nSPS) is 16.8. The first-order valence-electron chi connectivity index (χ1n) is 7.59. The number of aromatic nitrogens is 4. The maximum Gasteiger partial charge on any atom is 0.278 e. The summed E-state index contributed by atoms with van der Waals surface area (Å²) >= 11 is 0. The molecule has 0 bridgehead atoms. The van der Waals surface area contributed by atoms with Crippen LogP contribution in [0, 0.1) is 5.82 Å². The van der Waals surface area contributed by atoms with E-state index in [1.54, 1.807) is 29.1 Å². The van der Waals surface area contributed by atoms with Gasteiger partial charge in [-0.15, -0.1) is 0 Å². The van der Waals surface area contributed by atoms with Gasteiger partial charge in [0.2, 0.25) is 0 Å². The molecule has 3 aromatic rings. The fourth-order valence-electron chi connectivity index (χ4n) is 2.93. The van der Waals surface area contributed by atoms with Crippen molar-refractivity contribution >= 4 is 0 Å². The molecular formula is C16H16FN5O. The molecule has 0 amide bonds. The summed E-state index contributed by atoms with van der Waals surface area (Å²) in [7, 11) is 0. The van der Waals surface area contributed by atoms with Gasteiger partial charge in [0.15, 0.2) is 11.5 Å². The smallest absolute Gasteiger partial charge is 0.278 e. The molecule has 1 saturated carbocycles. The minimum absolute atomic E-state index is 0.285. The van der Waals surface area contributed by atoms with Crippen LogP contribution in [0.5, 0.6) is 0 Å². The van der Waals surface area contributed by atoms with Crippen LogP contribution in [0.2, 0.25) is 0 Å². The van der Waals surface area contributed by atoms with Crippen LogP contribution in [0.15, 0.2) is 41.1 Å². The van der Waals surface area contributed by atoms with Gasteiger partial charge in [-0.2, -0.15) is 10.1 Å². The first kappa shape index (κ1) is 14.1. The van der Waals surface area contributed by atoms with Gasteiger partial charge < -0.3 is 10.3 Å². The Labute approximate surface area is 132 Å². The third-order valence-electron chi connectivity index (χ3n) is 4.27. The lowest BCUT2D eigenvalue weighted by molar-refractivity contribution is 0.372. The summed E-state index contributed by atoms with van der Waals surface area (Å²) in [5.41, 5.74) is 7.17. The molecule has 0 unspecified atom stereocenters. The van der Waals surface area contributed by atoms with Crippen molar-refractivity contribution in [2.45, 2.75) is 31.2 Å². The van der Waals surface area contributed by atoms with Crippen molar-refractivity contribution < 1.29 is 8.91 Å². The quantitative estimate of drug-likeness (QED) is 0.804. The number of rotatable bonds is 3. The predicted molar refractivity (Wildman–Crippen MR) is 81.1 cm³/mol. The van der Waals surface area contributed by atoms with Gasteiger partial charge in [-0.3, -0.25) is 0 Å². The molecule has 1 fully saturated rings. The van der Waals surface area contributed by atoms with Gasteiger partial charge in [0.25, 0.3) is 5.89 Å². The van der Waals surface area contributed by atoms with E-state index < -0.39 is 5.54 Å². The third-order valence-corrected chi connectivity index (χ3v) is 4.27. The number of nitrogens with two attached hydrogens (primary N) is 1. The molecule has 23 heavy (non-hydrogen) atoms. The highest BCUT2D eigenvalue weighted by molar-refractivity contribution is 5.47. The zero-order chi connectivity index (χ0) is 15.9. The standard InChI is InChI=1S/C16H16FN5O/c17-11-3-5-12(6-4-11)22-10-7-13(20-22)14-19-15(21-23-14)16(18)8-1-2-9-16/h3-7,10H,1-2,8-9,18H2. The molecule has 7 heteroatoms. The number of hydrogen-bond acceptors (Lipinski definition) is 5. The number of halogens is 1. The molecule has 0 atom stereocenters. The highest BCUT2D eigenvalue weighted by Crippen LogP contribution is 2.35. The van der Waals surface area contributed by atoms with E-state index in [-0.39, 0.29) is 5.82 Å². The fourth-order valence-corrected chi connectivity index (χ4v) is 2.93. The Bertz CT molecular complexity index is 817. The second kappa shape index (κ2) is 5.27. The topological polar surface area (TPSA) is 82.8 Å². The van der Waals surface area contributed by atoms with Crippen molar-refractivity contribution in [3.63, 3.8) is 0 Å². The highest BCUT2D eigenvalue weighted by Gasteiger charge is 2.36. The van der Waals surface area contributed by atoms with E-state index in [0.29, 0.717) is 17.4 Å². The van der Waals surface area contributed by atoms with Gasteiger partial charge in [-0.05, 0) is 43.2 Å². The predicted octanol–water partition coefficient (Wildman–Crippen LogP) is 2.79. The van der Waals surface area contributed by atoms with E-state index in [9.17, 15) is 4.39 Å². The molecule has 1 aliphatic carbocycles. The average Bonchev–Trinajstić information content (AvgIpc) is 3.28. The van der Waals surface area contributed by atoms with Gasteiger partial charge in [0.1, 0.15) is 5.82 Å². The molecule has 0 spiro atoms. The van der Waals surface area contributed by atoms with Crippen LogP contribution >= 0.6 is 0 Å². The minimum atomic E-state index is -0.485. The molecule has 4 rings (SSSR count). The molecule has 6 nitrogen and oxygen atoms in total. The van der Waals surface area contributed by atoms with Gasteiger partial charge >= 0.3 is 0 Å². The zero-order valence-electron chi connectivity index (χ0n) is 12.4. The number of hydrogen-bond donors (Lipinski definition) is 1. The average molecular weight is 313 g/mol. The Kier molecular flexibility index (Phi) is 3.23. The van der Waals surface area contributed by atoms with Crippen molar-refractivity contribution in [1.29, 1.82) is 0 Å². The summed E-state index contributed by atoms with van der Waals surface area (Å²) in [6.45, 7) is 0. The van der Waals surface area contributed by atoms with Crippen LogP contribution in [0.3, 0.4) is 0 Å². The Balaban J connectivity index is 1.62. The molecule has 1 aromatic carbocycles. The van der Waals surface area contributed by atoms with Gasteiger partial charge in [0.05, 0.1) is 11.2 Å². The molecule has 2 N–H and O–H groups in total. The second-order valence-corrected chi connectivity index (χ2v) is 5.91. The fraction of sp³-hybridized carbons (Fsp3) is 0.312. The second-order valence-electron chi connectivity index (χ2n) is 5.91. The lowest BCUT2D eigenvalue weighted by Gasteiger charge is -2.17. The first-order valence-corrected chi connectivity index (χ1v) is 7.59. The molecule has 118 valence electrons. The Morgan fingerprint density at radius 1 is 1.13 bits per heavy atom. The van der Waals surface area contributed by atoms with Crippen molar-refractivity contribution in [1.82, 2.24) is 19.9 Å². The van der Waals surface area contributed by atoms with Crippen LogP contribution in [0.4, 0.5) is 4.39 Å². The molecule has 1 aliphatic rings. The van der Waals surface area contributed by atoms with E-state index >= 15 is 0 Å². The van der Waals surface area contributed by atoms with Crippen molar-refractivity contribution in [3.05, 3.63) is 48.2 Å². The highest BCUT2D eigenvalue weighted by atomic mass is 19.1. The Hall–Kier alpha value is -2.54. The SMILES string of the molecule is NC1(c2noc(-c3ccn(-c4ccc(F)cc4)n3)n2)CCCC1. The van der Waals surface area contributed by atoms with E-state index in [0.717, 1.165) is 31.4 Å². The molecule has 0 aliphatic heterocycles. The maximum absolute atomic E-state index is 13.0. The third kappa shape index (κ3) is 2.53. The van der Waals surface area contributed by atoms with Gasteiger partial charge in [-0.1, -0.05) is 18.0 Å². The Morgan fingerprint density at radius 2 is 1.87 bits per heavy atom. The number of benzene rings is 1. The lowest BCUT2D eigenvalue weighted by Crippen LogP contribution is -2.34. The van der Waals surface area contributed by atoms with Crippen molar-refractivity contribution in [2.75, 3.05) is 0 Å². The molecule has 0 radical (unpaired) electrons. The summed E-state index contributed by atoms with van der Waals surface area (Å²) in [6, 6.07) is 7.86. The Morgan fingerprint density at radius 3 is 2.61 bits per heavy atom. The molecule has 2 heterocycles. The van der Waals surface area contributed by atoms with Gasteiger partial charge in [0, 0.05) is 6.20 Å². The van der Waals surface area contributed by atoms with E-state index in [1.807, 2.05) is 0 Å². The zero-order valence-corrected chi connectivity index (χ0v) is 12.4. The monoisotopic (exact) mass is 313 g/mol. The van der Waals surface area contributed by atoms with Crippen molar-refractivity contribution in [3.8, 4) is 17.3 Å². The summed E-state index contributed by atoms with van der Waals surface area (Å²) in [4.78, 5) is 4.42. The van der Waals surface area contributed by atoms with Crippen LogP contribution in [-0.4, -0.2) is 19.9 Å². The van der Waals surface area contributed by atoms with Crippen LogP contribution < -0.4 is 5.73 Å². The van der Waals surface area contributed by atoms with Crippen molar-refractivity contribution in [2.24, 2.45) is 5.73 Å². The summed E-state index contributed by atoms with van der Waals surface area (Å²) in [5.74, 6) is 0.603. The number of nitrogens with zero attached hydrogens (tertiary/aromatic N) is 4. The van der Waals surface area contributed by atoms with Crippen LogP contribution in [-0.2, 0) is 5.54 Å². The van der Waals surface area contributed by atoms with Crippen LogP contribution in [0.1, 0.15) is 31.5 Å². The minimum Gasteiger partial charge on any atom is -0.332 e. The molecule has 2 aromatic heterocycles. The summed E-state index contributed by atoms with van der Waals surface area (Å²) < 4.78 is 19.9. The molecule has 0 saturated heterocycles. The lowest BCUT2D eigenvalue weighted by atomic mass is 9.99. The summed E-state index contributed by atoms with van der Waals surface area (Å²) in [6.07, 6.45) is 5.67. The van der Waals surface area contributed by atoms with Crippen LogP contribution in [0.25, 0.3) is 17.3 Å². The largest absolute Gasteiger partial charge is 0.332 e.